The number of carbonyl (C=O) groups is 2. The van der Waals surface area contributed by atoms with E-state index in [0.29, 0.717) is 6.54 Å². The van der Waals surface area contributed by atoms with Crippen molar-refractivity contribution in [1.29, 1.82) is 0 Å². The topological polar surface area (TPSA) is 49.9 Å². The van der Waals surface area contributed by atoms with Gasteiger partial charge in [0.25, 0.3) is 0 Å². The Balaban J connectivity index is 1.83. The predicted molar refractivity (Wildman–Crippen MR) is 90.2 cm³/mol. The van der Waals surface area contributed by atoms with Crippen LogP contribution in [-0.2, 0) is 11.3 Å². The Morgan fingerprint density at radius 2 is 2.04 bits per heavy atom. The molecule has 120 valence electrons. The molecular weight excluding hydrogens is 312 g/mol. The number of nitrogens with zero attached hydrogens (tertiary/aromatic N) is 2. The molecule has 1 aromatic rings. The van der Waals surface area contributed by atoms with E-state index in [1.54, 1.807) is 18.1 Å². The maximum Gasteiger partial charge on any atom is 0.327 e. The quantitative estimate of drug-likeness (QED) is 0.779. The first-order chi connectivity index (χ1) is 11.2. The van der Waals surface area contributed by atoms with E-state index >= 15 is 0 Å². The number of carbonyl (C=O) groups excluding carboxylic acids is 2. The number of benzene rings is 1. The zero-order chi connectivity index (χ0) is 16.4. The van der Waals surface area contributed by atoms with E-state index in [-0.39, 0.29) is 29.8 Å². The molecule has 5 nitrogen and oxygen atoms in total. The van der Waals surface area contributed by atoms with Crippen LogP contribution in [-0.4, -0.2) is 46.7 Å². The van der Waals surface area contributed by atoms with Gasteiger partial charge >= 0.3 is 6.03 Å². The summed E-state index contributed by atoms with van der Waals surface area (Å²) < 4.78 is 5.13. The molecule has 2 atom stereocenters. The Morgan fingerprint density at radius 1 is 1.30 bits per heavy atom. The van der Waals surface area contributed by atoms with Gasteiger partial charge in [-0.25, -0.2) is 4.79 Å². The number of fused-ring (bicyclic) bond motifs is 1. The fourth-order valence-corrected chi connectivity index (χ4v) is 3.86. The minimum absolute atomic E-state index is 0.133. The van der Waals surface area contributed by atoms with Crippen molar-refractivity contribution in [2.24, 2.45) is 0 Å². The number of methoxy groups -OCH3 is 1. The molecular formula is C17H18N2O3S. The lowest BCUT2D eigenvalue weighted by atomic mass is 10.1. The van der Waals surface area contributed by atoms with Crippen LogP contribution in [0.1, 0.15) is 5.56 Å². The normalized spacial score (nSPS) is 23.2. The second kappa shape index (κ2) is 6.50. The van der Waals surface area contributed by atoms with E-state index in [0.717, 1.165) is 11.3 Å². The van der Waals surface area contributed by atoms with Gasteiger partial charge < -0.3 is 9.64 Å². The van der Waals surface area contributed by atoms with Crippen molar-refractivity contribution in [2.45, 2.75) is 17.8 Å². The summed E-state index contributed by atoms with van der Waals surface area (Å²) in [6.07, 6.45) is 3.60. The molecule has 3 rings (SSSR count). The summed E-state index contributed by atoms with van der Waals surface area (Å²) in [6, 6.07) is 6.94. The van der Waals surface area contributed by atoms with Crippen LogP contribution in [0.5, 0.6) is 5.75 Å². The monoisotopic (exact) mass is 330 g/mol. The highest BCUT2D eigenvalue weighted by molar-refractivity contribution is 8.03. The maximum absolute atomic E-state index is 12.7. The number of rotatable bonds is 5. The number of urea groups is 1. The van der Waals surface area contributed by atoms with Crippen LogP contribution < -0.4 is 4.74 Å². The number of hydrogen-bond donors (Lipinski definition) is 0. The fraction of sp³-hybridized carbons (Fsp3) is 0.294. The van der Waals surface area contributed by atoms with E-state index in [4.69, 9.17) is 4.74 Å². The van der Waals surface area contributed by atoms with Crippen molar-refractivity contribution in [3.8, 4) is 5.75 Å². The molecule has 1 aromatic carbocycles. The molecule has 2 unspecified atom stereocenters. The number of hydrogen-bond acceptors (Lipinski definition) is 4. The van der Waals surface area contributed by atoms with Gasteiger partial charge in [-0.3, -0.25) is 9.69 Å². The molecule has 1 fully saturated rings. The lowest BCUT2D eigenvalue weighted by Gasteiger charge is -2.40. The van der Waals surface area contributed by atoms with Crippen molar-refractivity contribution < 1.29 is 14.3 Å². The van der Waals surface area contributed by atoms with Crippen molar-refractivity contribution in [1.82, 2.24) is 9.80 Å². The largest absolute Gasteiger partial charge is 0.497 e. The Kier molecular flexibility index (Phi) is 4.43. The van der Waals surface area contributed by atoms with Crippen LogP contribution in [0.4, 0.5) is 4.79 Å². The zero-order valence-corrected chi connectivity index (χ0v) is 13.7. The second-order valence-electron chi connectivity index (χ2n) is 5.37. The van der Waals surface area contributed by atoms with Gasteiger partial charge in [-0.1, -0.05) is 24.3 Å². The number of thioether (sulfide) groups is 1. The van der Waals surface area contributed by atoms with Crippen molar-refractivity contribution >= 4 is 23.7 Å². The van der Waals surface area contributed by atoms with Crippen LogP contribution in [0, 0.1) is 0 Å². The van der Waals surface area contributed by atoms with Gasteiger partial charge in [-0.2, -0.15) is 0 Å². The van der Waals surface area contributed by atoms with Gasteiger partial charge in [0.2, 0.25) is 5.91 Å². The third-order valence-electron chi connectivity index (χ3n) is 3.98. The Bertz CT molecular complexity index is 656. The first kappa shape index (κ1) is 15.7. The molecule has 2 aliphatic heterocycles. The molecule has 0 aliphatic carbocycles. The van der Waals surface area contributed by atoms with E-state index in [1.165, 1.54) is 16.7 Å². The minimum atomic E-state index is -0.265. The van der Waals surface area contributed by atoms with Gasteiger partial charge in [-0.05, 0) is 23.1 Å². The number of amides is 3. The number of imide groups is 1. The lowest BCUT2D eigenvalue weighted by Crippen LogP contribution is -2.61. The SMILES string of the molecule is C=CCN1C(=O)N(Cc2ccc(OC)cc2)C(=O)C2SC=CC21. The summed E-state index contributed by atoms with van der Waals surface area (Å²) in [5.74, 6) is 0.611. The van der Waals surface area contributed by atoms with Crippen LogP contribution in [0.15, 0.2) is 48.4 Å². The van der Waals surface area contributed by atoms with Crippen molar-refractivity contribution in [3.63, 3.8) is 0 Å². The second-order valence-corrected chi connectivity index (χ2v) is 6.42. The van der Waals surface area contributed by atoms with Crippen LogP contribution in [0.3, 0.4) is 0 Å². The Labute approximate surface area is 139 Å². The first-order valence-corrected chi connectivity index (χ1v) is 8.28. The fourth-order valence-electron chi connectivity index (χ4n) is 2.79. The van der Waals surface area contributed by atoms with E-state index in [2.05, 4.69) is 6.58 Å². The summed E-state index contributed by atoms with van der Waals surface area (Å²) in [6.45, 7) is 4.40. The van der Waals surface area contributed by atoms with Gasteiger partial charge in [0.15, 0.2) is 0 Å². The average molecular weight is 330 g/mol. The van der Waals surface area contributed by atoms with E-state index in [1.807, 2.05) is 35.7 Å². The molecule has 1 saturated heterocycles. The van der Waals surface area contributed by atoms with E-state index < -0.39 is 0 Å². The molecule has 0 bridgehead atoms. The van der Waals surface area contributed by atoms with Gasteiger partial charge in [0.05, 0.1) is 19.7 Å². The van der Waals surface area contributed by atoms with Gasteiger partial charge in [-0.15, -0.1) is 18.3 Å². The highest BCUT2D eigenvalue weighted by atomic mass is 32.2. The molecule has 0 radical (unpaired) electrons. The van der Waals surface area contributed by atoms with Crippen molar-refractivity contribution in [2.75, 3.05) is 13.7 Å². The predicted octanol–water partition coefficient (Wildman–Crippen LogP) is 2.64. The van der Waals surface area contributed by atoms with Gasteiger partial charge in [0, 0.05) is 6.54 Å². The highest BCUT2D eigenvalue weighted by Crippen LogP contribution is 2.34. The molecule has 0 N–H and O–H groups in total. The van der Waals surface area contributed by atoms with Crippen LogP contribution in [0.25, 0.3) is 0 Å². The van der Waals surface area contributed by atoms with Crippen LogP contribution >= 0.6 is 11.8 Å². The average Bonchev–Trinajstić information content (AvgIpc) is 3.06. The minimum Gasteiger partial charge on any atom is -0.497 e. The lowest BCUT2D eigenvalue weighted by molar-refractivity contribution is -0.131. The van der Waals surface area contributed by atoms with Gasteiger partial charge in [0.1, 0.15) is 11.0 Å². The summed E-state index contributed by atoms with van der Waals surface area (Å²) in [5.41, 5.74) is 0.889. The molecule has 2 aliphatic rings. The molecule has 0 saturated carbocycles. The summed E-state index contributed by atoms with van der Waals surface area (Å²) in [4.78, 5) is 28.4. The van der Waals surface area contributed by atoms with E-state index in [9.17, 15) is 9.59 Å². The molecule has 2 heterocycles. The third-order valence-corrected chi connectivity index (χ3v) is 5.07. The Morgan fingerprint density at radius 3 is 2.70 bits per heavy atom. The number of ether oxygens (including phenoxy) is 1. The molecule has 0 aromatic heterocycles. The molecule has 6 heteroatoms. The zero-order valence-electron chi connectivity index (χ0n) is 12.8. The smallest absolute Gasteiger partial charge is 0.327 e. The standard InChI is InChI=1S/C17H18N2O3S/c1-3-9-18-14-8-10-23-15(14)16(20)19(17(18)21)11-12-4-6-13(22-2)7-5-12/h3-8,10,14-15H,1,9,11H2,2H3. The highest BCUT2D eigenvalue weighted by Gasteiger charge is 2.46. The first-order valence-electron chi connectivity index (χ1n) is 7.33. The summed E-state index contributed by atoms with van der Waals surface area (Å²) in [5, 5.41) is 1.64. The molecule has 0 spiro atoms. The molecule has 23 heavy (non-hydrogen) atoms. The third kappa shape index (κ3) is 2.86. The summed E-state index contributed by atoms with van der Waals surface area (Å²) >= 11 is 1.47. The molecule has 3 amide bonds. The maximum atomic E-state index is 12.7. The van der Waals surface area contributed by atoms with Crippen LogP contribution in [0.2, 0.25) is 0 Å². The van der Waals surface area contributed by atoms with Crippen molar-refractivity contribution in [3.05, 3.63) is 54.0 Å². The summed E-state index contributed by atoms with van der Waals surface area (Å²) in [7, 11) is 1.60. The Hall–Kier alpha value is -2.21.